The average Bonchev–Trinajstić information content (AvgIpc) is 2.61. The summed E-state index contributed by atoms with van der Waals surface area (Å²) < 4.78 is 5.81. The molecule has 0 aromatic heterocycles. The summed E-state index contributed by atoms with van der Waals surface area (Å²) in [5, 5.41) is 19.5. The lowest BCUT2D eigenvalue weighted by Crippen LogP contribution is -2.36. The van der Waals surface area contributed by atoms with E-state index in [1.807, 2.05) is 37.3 Å². The third-order valence-electron chi connectivity index (χ3n) is 5.24. The van der Waals surface area contributed by atoms with Crippen LogP contribution in [-0.2, 0) is 14.3 Å². The summed E-state index contributed by atoms with van der Waals surface area (Å²) in [5.74, 6) is -2.91. The molecule has 0 saturated heterocycles. The molecular formula is C20H28O5. The Kier molecular flexibility index (Phi) is 7.00. The number of ether oxygens (including phenoxy) is 1. The van der Waals surface area contributed by atoms with E-state index in [2.05, 4.69) is 0 Å². The van der Waals surface area contributed by atoms with Crippen LogP contribution in [0.25, 0.3) is 0 Å². The molecule has 0 radical (unpaired) electrons. The van der Waals surface area contributed by atoms with Gasteiger partial charge in [-0.2, -0.15) is 0 Å². The van der Waals surface area contributed by atoms with E-state index in [-0.39, 0.29) is 5.92 Å². The number of carbonyl (C=O) groups is 2. The molecule has 25 heavy (non-hydrogen) atoms. The van der Waals surface area contributed by atoms with Crippen LogP contribution in [0, 0.1) is 17.8 Å². The van der Waals surface area contributed by atoms with Gasteiger partial charge in [-0.1, -0.05) is 50.1 Å². The molecule has 0 aliphatic heterocycles. The highest BCUT2D eigenvalue weighted by Gasteiger charge is 2.39. The number of carboxylic acids is 1. The van der Waals surface area contributed by atoms with Crippen molar-refractivity contribution in [3.05, 3.63) is 35.9 Å². The van der Waals surface area contributed by atoms with Gasteiger partial charge in [-0.05, 0) is 31.7 Å². The molecule has 138 valence electrons. The van der Waals surface area contributed by atoms with Crippen LogP contribution in [0.15, 0.2) is 30.3 Å². The summed E-state index contributed by atoms with van der Waals surface area (Å²) >= 11 is 0. The third kappa shape index (κ3) is 4.82. The maximum atomic E-state index is 12.8. The van der Waals surface area contributed by atoms with Crippen LogP contribution in [0.5, 0.6) is 0 Å². The average molecular weight is 348 g/mol. The van der Waals surface area contributed by atoms with Gasteiger partial charge in [0.25, 0.3) is 0 Å². The zero-order valence-electron chi connectivity index (χ0n) is 14.9. The molecular weight excluding hydrogens is 320 g/mol. The van der Waals surface area contributed by atoms with Crippen LogP contribution in [-0.4, -0.2) is 28.3 Å². The summed E-state index contributed by atoms with van der Waals surface area (Å²) in [4.78, 5) is 24.2. The van der Waals surface area contributed by atoms with E-state index < -0.39 is 36.0 Å². The van der Waals surface area contributed by atoms with Gasteiger partial charge in [0.2, 0.25) is 0 Å². The molecule has 1 aromatic carbocycles. The van der Waals surface area contributed by atoms with Gasteiger partial charge in [-0.15, -0.1) is 0 Å². The maximum absolute atomic E-state index is 12.8. The second kappa shape index (κ2) is 8.99. The topological polar surface area (TPSA) is 83.8 Å². The molecule has 5 nitrogen and oxygen atoms in total. The Bertz CT molecular complexity index is 569. The van der Waals surface area contributed by atoms with Crippen molar-refractivity contribution in [3.8, 4) is 0 Å². The minimum Gasteiger partial charge on any atom is -0.481 e. The van der Waals surface area contributed by atoms with Crippen LogP contribution in [0.2, 0.25) is 0 Å². The lowest BCUT2D eigenvalue weighted by molar-refractivity contribution is -0.168. The van der Waals surface area contributed by atoms with Crippen molar-refractivity contribution in [1.29, 1.82) is 0 Å². The van der Waals surface area contributed by atoms with Gasteiger partial charge in [-0.3, -0.25) is 9.59 Å². The zero-order chi connectivity index (χ0) is 18.4. The highest BCUT2D eigenvalue weighted by molar-refractivity contribution is 5.81. The molecule has 1 aromatic rings. The first-order chi connectivity index (χ1) is 12.0. The second-order valence-corrected chi connectivity index (χ2v) is 6.92. The van der Waals surface area contributed by atoms with Crippen LogP contribution in [0.1, 0.15) is 57.6 Å². The van der Waals surface area contributed by atoms with Crippen LogP contribution < -0.4 is 0 Å². The van der Waals surface area contributed by atoms with Gasteiger partial charge in [0.1, 0.15) is 6.10 Å². The van der Waals surface area contributed by atoms with Crippen molar-refractivity contribution in [2.75, 3.05) is 0 Å². The van der Waals surface area contributed by atoms with E-state index in [1.54, 1.807) is 6.92 Å². The molecule has 0 amide bonds. The Morgan fingerprint density at radius 3 is 2.28 bits per heavy atom. The normalized spacial score (nSPS) is 24.1. The smallest absolute Gasteiger partial charge is 0.310 e. The number of aliphatic hydroxyl groups is 1. The fourth-order valence-corrected chi connectivity index (χ4v) is 3.77. The molecule has 0 bridgehead atoms. The Morgan fingerprint density at radius 2 is 1.76 bits per heavy atom. The van der Waals surface area contributed by atoms with Crippen molar-refractivity contribution >= 4 is 11.9 Å². The molecule has 1 fully saturated rings. The van der Waals surface area contributed by atoms with E-state index in [9.17, 15) is 19.8 Å². The maximum Gasteiger partial charge on any atom is 0.310 e. The number of carbonyl (C=O) groups excluding carboxylic acids is 1. The molecule has 1 aliphatic carbocycles. The SMILES string of the molecule is CCC(C(C)O)C(OC(=O)C1CCCCC1C(=O)O)c1ccccc1. The standard InChI is InChI=1S/C20H28O5/c1-3-15(13(2)21)18(14-9-5-4-6-10-14)25-20(24)17-12-8-7-11-16(17)19(22)23/h4-6,9-10,13,15-18,21H,3,7-8,11-12H2,1-2H3,(H,22,23). The van der Waals surface area contributed by atoms with Crippen molar-refractivity contribution in [1.82, 2.24) is 0 Å². The molecule has 5 atom stereocenters. The first-order valence-corrected chi connectivity index (χ1v) is 9.12. The Labute approximate surface area is 149 Å². The third-order valence-corrected chi connectivity index (χ3v) is 5.24. The molecule has 2 N–H and O–H groups in total. The fraction of sp³-hybridized carbons (Fsp3) is 0.600. The Hall–Kier alpha value is -1.88. The first-order valence-electron chi connectivity index (χ1n) is 9.12. The summed E-state index contributed by atoms with van der Waals surface area (Å²) in [6.07, 6.45) is 2.17. The molecule has 5 heteroatoms. The molecule has 1 aliphatic rings. The minimum absolute atomic E-state index is 0.238. The number of benzene rings is 1. The van der Waals surface area contributed by atoms with Crippen molar-refractivity contribution < 1.29 is 24.5 Å². The first kappa shape index (κ1) is 19.4. The van der Waals surface area contributed by atoms with Gasteiger partial charge in [0.15, 0.2) is 0 Å². The zero-order valence-corrected chi connectivity index (χ0v) is 14.9. The summed E-state index contributed by atoms with van der Waals surface area (Å²) in [6.45, 7) is 3.64. The number of aliphatic hydroxyl groups excluding tert-OH is 1. The van der Waals surface area contributed by atoms with Crippen molar-refractivity contribution in [2.45, 2.75) is 58.2 Å². The van der Waals surface area contributed by atoms with E-state index >= 15 is 0 Å². The summed E-state index contributed by atoms with van der Waals surface area (Å²) in [5.41, 5.74) is 0.825. The van der Waals surface area contributed by atoms with Crippen LogP contribution in [0.4, 0.5) is 0 Å². The van der Waals surface area contributed by atoms with Gasteiger partial charge in [-0.25, -0.2) is 0 Å². The van der Waals surface area contributed by atoms with Gasteiger partial charge >= 0.3 is 11.9 Å². The predicted molar refractivity (Wildman–Crippen MR) is 93.8 cm³/mol. The minimum atomic E-state index is -0.930. The largest absolute Gasteiger partial charge is 0.481 e. The summed E-state index contributed by atoms with van der Waals surface area (Å²) in [6, 6.07) is 9.36. The number of hydrogen-bond donors (Lipinski definition) is 2. The molecule has 5 unspecified atom stereocenters. The van der Waals surface area contributed by atoms with Crippen LogP contribution in [0.3, 0.4) is 0 Å². The van der Waals surface area contributed by atoms with Crippen LogP contribution >= 0.6 is 0 Å². The number of carboxylic acid groups (broad SMARTS) is 1. The fourth-order valence-electron chi connectivity index (χ4n) is 3.77. The van der Waals surface area contributed by atoms with Crippen molar-refractivity contribution in [2.24, 2.45) is 17.8 Å². The molecule has 1 saturated carbocycles. The highest BCUT2D eigenvalue weighted by atomic mass is 16.5. The number of esters is 1. The second-order valence-electron chi connectivity index (χ2n) is 6.92. The molecule has 0 heterocycles. The van der Waals surface area contributed by atoms with E-state index in [0.29, 0.717) is 19.3 Å². The number of hydrogen-bond acceptors (Lipinski definition) is 4. The number of rotatable bonds is 7. The van der Waals surface area contributed by atoms with Gasteiger partial charge in [0, 0.05) is 5.92 Å². The lowest BCUT2D eigenvalue weighted by Gasteiger charge is -2.32. The Morgan fingerprint density at radius 1 is 1.16 bits per heavy atom. The van der Waals surface area contributed by atoms with Gasteiger partial charge in [0.05, 0.1) is 17.9 Å². The monoisotopic (exact) mass is 348 g/mol. The van der Waals surface area contributed by atoms with Gasteiger partial charge < -0.3 is 14.9 Å². The Balaban J connectivity index is 2.23. The molecule has 2 rings (SSSR count). The lowest BCUT2D eigenvalue weighted by atomic mass is 9.79. The van der Waals surface area contributed by atoms with E-state index in [0.717, 1.165) is 18.4 Å². The molecule has 0 spiro atoms. The highest BCUT2D eigenvalue weighted by Crippen LogP contribution is 2.36. The van der Waals surface area contributed by atoms with E-state index in [4.69, 9.17) is 4.74 Å². The number of aliphatic carboxylic acids is 1. The predicted octanol–water partition coefficient (Wildman–Crippen LogP) is 3.57. The van der Waals surface area contributed by atoms with Crippen molar-refractivity contribution in [3.63, 3.8) is 0 Å². The van der Waals surface area contributed by atoms with E-state index in [1.165, 1.54) is 0 Å². The quantitative estimate of drug-likeness (QED) is 0.736. The summed E-state index contributed by atoms with van der Waals surface area (Å²) in [7, 11) is 0.